The van der Waals surface area contributed by atoms with Crippen LogP contribution in [-0.2, 0) is 6.54 Å². The maximum Gasteiger partial charge on any atom is 0.275 e. The summed E-state index contributed by atoms with van der Waals surface area (Å²) in [5.41, 5.74) is 0.940. The fourth-order valence-electron chi connectivity index (χ4n) is 3.21. The Balaban J connectivity index is 2.03. The number of nitro benzene ring substituents is 1. The quantitative estimate of drug-likeness (QED) is 0.643. The van der Waals surface area contributed by atoms with Crippen LogP contribution in [0.15, 0.2) is 22.7 Å². The molecule has 20 heavy (non-hydrogen) atoms. The van der Waals surface area contributed by atoms with E-state index in [1.54, 1.807) is 6.07 Å². The third kappa shape index (κ3) is 3.38. The molecule has 0 radical (unpaired) electrons. The van der Waals surface area contributed by atoms with Crippen molar-refractivity contribution in [2.45, 2.75) is 45.7 Å². The molecule has 0 saturated heterocycles. The van der Waals surface area contributed by atoms with E-state index in [4.69, 9.17) is 0 Å². The van der Waals surface area contributed by atoms with Gasteiger partial charge in [-0.05, 0) is 36.8 Å². The highest BCUT2D eigenvalue weighted by Crippen LogP contribution is 2.34. The Kier molecular flexibility index (Phi) is 5.16. The molecule has 110 valence electrons. The van der Waals surface area contributed by atoms with Gasteiger partial charge in [-0.15, -0.1) is 0 Å². The predicted molar refractivity (Wildman–Crippen MR) is 83.6 cm³/mol. The van der Waals surface area contributed by atoms with Gasteiger partial charge in [0.2, 0.25) is 0 Å². The first kappa shape index (κ1) is 15.4. The van der Waals surface area contributed by atoms with Crippen molar-refractivity contribution < 1.29 is 4.92 Å². The summed E-state index contributed by atoms with van der Waals surface area (Å²) in [5, 5.41) is 14.6. The van der Waals surface area contributed by atoms with Gasteiger partial charge in [-0.1, -0.05) is 36.2 Å². The lowest BCUT2D eigenvalue weighted by atomic mass is 9.93. The minimum absolute atomic E-state index is 0.185. The topological polar surface area (TPSA) is 55.2 Å². The van der Waals surface area contributed by atoms with Crippen molar-refractivity contribution in [1.29, 1.82) is 0 Å². The SMILES string of the molecule is CCC1CCC(NCc2ccc(Br)cc2[N+](=O)[O-])C1C. The number of nitro groups is 1. The smallest absolute Gasteiger partial charge is 0.275 e. The van der Waals surface area contributed by atoms with Crippen LogP contribution in [0.2, 0.25) is 0 Å². The lowest BCUT2D eigenvalue weighted by Gasteiger charge is -2.21. The summed E-state index contributed by atoms with van der Waals surface area (Å²) in [6.45, 7) is 5.09. The van der Waals surface area contributed by atoms with E-state index in [2.05, 4.69) is 35.1 Å². The molecule has 1 saturated carbocycles. The Labute approximate surface area is 128 Å². The number of benzene rings is 1. The Morgan fingerprint density at radius 1 is 1.45 bits per heavy atom. The first-order valence-corrected chi connectivity index (χ1v) is 7.98. The standard InChI is InChI=1S/C15H21BrN2O2/c1-3-11-5-7-14(10(11)2)17-9-12-4-6-13(16)8-15(12)18(19)20/h4,6,8,10-11,14,17H,3,5,7,9H2,1-2H3. The molecule has 2 rings (SSSR count). The molecule has 1 aliphatic rings. The van der Waals surface area contributed by atoms with Crippen LogP contribution in [0.5, 0.6) is 0 Å². The van der Waals surface area contributed by atoms with Crippen LogP contribution >= 0.6 is 15.9 Å². The Morgan fingerprint density at radius 2 is 2.20 bits per heavy atom. The molecule has 0 aromatic heterocycles. The summed E-state index contributed by atoms with van der Waals surface area (Å²) >= 11 is 3.28. The summed E-state index contributed by atoms with van der Waals surface area (Å²) in [7, 11) is 0. The van der Waals surface area contributed by atoms with Crippen LogP contribution in [0, 0.1) is 22.0 Å². The van der Waals surface area contributed by atoms with Crippen molar-refractivity contribution in [3.8, 4) is 0 Å². The minimum Gasteiger partial charge on any atom is -0.309 e. The molecule has 1 aromatic rings. The van der Waals surface area contributed by atoms with E-state index < -0.39 is 0 Å². The molecule has 3 unspecified atom stereocenters. The zero-order chi connectivity index (χ0) is 14.7. The minimum atomic E-state index is -0.311. The van der Waals surface area contributed by atoms with E-state index in [0.717, 1.165) is 16.0 Å². The molecular formula is C15H21BrN2O2. The van der Waals surface area contributed by atoms with E-state index in [1.165, 1.54) is 19.3 Å². The third-order valence-electron chi connectivity index (χ3n) is 4.55. The Morgan fingerprint density at radius 3 is 2.80 bits per heavy atom. The molecule has 0 spiro atoms. The van der Waals surface area contributed by atoms with Gasteiger partial charge >= 0.3 is 0 Å². The maximum atomic E-state index is 11.1. The van der Waals surface area contributed by atoms with Crippen molar-refractivity contribution in [2.24, 2.45) is 11.8 Å². The lowest BCUT2D eigenvalue weighted by Crippen LogP contribution is -2.32. The van der Waals surface area contributed by atoms with E-state index >= 15 is 0 Å². The van der Waals surface area contributed by atoms with Crippen molar-refractivity contribution in [2.75, 3.05) is 0 Å². The molecule has 0 bridgehead atoms. The average Bonchev–Trinajstić information content (AvgIpc) is 2.77. The number of rotatable bonds is 5. The zero-order valence-corrected chi connectivity index (χ0v) is 13.5. The number of hydrogen-bond donors (Lipinski definition) is 1. The second-order valence-corrected chi connectivity index (χ2v) is 6.54. The van der Waals surface area contributed by atoms with Gasteiger partial charge in [-0.25, -0.2) is 0 Å². The molecule has 0 amide bonds. The Bertz CT molecular complexity index is 493. The summed E-state index contributed by atoms with van der Waals surface area (Å²) in [6.07, 6.45) is 3.65. The summed E-state index contributed by atoms with van der Waals surface area (Å²) in [6, 6.07) is 5.73. The average molecular weight is 341 g/mol. The van der Waals surface area contributed by atoms with Crippen LogP contribution in [0.25, 0.3) is 0 Å². The van der Waals surface area contributed by atoms with Crippen molar-refractivity contribution in [1.82, 2.24) is 5.32 Å². The lowest BCUT2D eigenvalue weighted by molar-refractivity contribution is -0.385. The monoisotopic (exact) mass is 340 g/mol. The fraction of sp³-hybridized carbons (Fsp3) is 0.600. The predicted octanol–water partition coefficient (Wildman–Crippen LogP) is 4.27. The molecule has 0 aliphatic heterocycles. The third-order valence-corrected chi connectivity index (χ3v) is 5.04. The highest BCUT2D eigenvalue weighted by atomic mass is 79.9. The van der Waals surface area contributed by atoms with Crippen molar-refractivity contribution >= 4 is 21.6 Å². The summed E-state index contributed by atoms with van der Waals surface area (Å²) < 4.78 is 0.744. The molecule has 5 heteroatoms. The first-order chi connectivity index (χ1) is 9.52. The molecule has 1 aromatic carbocycles. The van der Waals surface area contributed by atoms with Gasteiger partial charge in [-0.2, -0.15) is 0 Å². The summed E-state index contributed by atoms with van der Waals surface area (Å²) in [5.74, 6) is 1.43. The fourth-order valence-corrected chi connectivity index (χ4v) is 3.56. The zero-order valence-electron chi connectivity index (χ0n) is 11.9. The molecule has 1 N–H and O–H groups in total. The molecule has 0 heterocycles. The second-order valence-electron chi connectivity index (χ2n) is 5.62. The van der Waals surface area contributed by atoms with E-state index in [1.807, 2.05) is 12.1 Å². The molecule has 4 nitrogen and oxygen atoms in total. The highest BCUT2D eigenvalue weighted by Gasteiger charge is 2.31. The number of hydrogen-bond acceptors (Lipinski definition) is 3. The van der Waals surface area contributed by atoms with Gasteiger partial charge < -0.3 is 5.32 Å². The molecular weight excluding hydrogens is 320 g/mol. The van der Waals surface area contributed by atoms with Gasteiger partial charge in [-0.3, -0.25) is 10.1 Å². The van der Waals surface area contributed by atoms with Crippen molar-refractivity contribution in [3.05, 3.63) is 38.3 Å². The first-order valence-electron chi connectivity index (χ1n) is 7.19. The van der Waals surface area contributed by atoms with Crippen LogP contribution in [-0.4, -0.2) is 11.0 Å². The van der Waals surface area contributed by atoms with Gasteiger partial charge in [0.1, 0.15) is 0 Å². The second kappa shape index (κ2) is 6.68. The number of halogens is 1. The normalized spacial score (nSPS) is 25.9. The van der Waals surface area contributed by atoms with E-state index in [0.29, 0.717) is 18.5 Å². The van der Waals surface area contributed by atoms with Crippen molar-refractivity contribution in [3.63, 3.8) is 0 Å². The molecule has 1 fully saturated rings. The van der Waals surface area contributed by atoms with Gasteiger partial charge in [0.15, 0.2) is 0 Å². The van der Waals surface area contributed by atoms with Gasteiger partial charge in [0.25, 0.3) is 5.69 Å². The van der Waals surface area contributed by atoms with Crippen LogP contribution < -0.4 is 5.32 Å². The Hall–Kier alpha value is -0.940. The van der Waals surface area contributed by atoms with Crippen LogP contribution in [0.1, 0.15) is 38.7 Å². The maximum absolute atomic E-state index is 11.1. The van der Waals surface area contributed by atoms with Gasteiger partial charge in [0.05, 0.1) is 4.92 Å². The summed E-state index contributed by atoms with van der Waals surface area (Å²) in [4.78, 5) is 10.8. The number of nitrogens with one attached hydrogen (secondary N) is 1. The van der Waals surface area contributed by atoms with E-state index in [9.17, 15) is 10.1 Å². The van der Waals surface area contributed by atoms with Gasteiger partial charge in [0, 0.05) is 28.7 Å². The molecule has 3 atom stereocenters. The largest absolute Gasteiger partial charge is 0.309 e. The van der Waals surface area contributed by atoms with Crippen LogP contribution in [0.3, 0.4) is 0 Å². The number of nitrogens with zero attached hydrogens (tertiary/aromatic N) is 1. The molecule has 1 aliphatic carbocycles. The highest BCUT2D eigenvalue weighted by molar-refractivity contribution is 9.10. The van der Waals surface area contributed by atoms with Crippen LogP contribution in [0.4, 0.5) is 5.69 Å². The van der Waals surface area contributed by atoms with E-state index in [-0.39, 0.29) is 10.6 Å².